The molecule has 22 heavy (non-hydrogen) atoms. The van der Waals surface area contributed by atoms with E-state index in [1.54, 1.807) is 25.3 Å². The number of nitrogens with zero attached hydrogens (tertiary/aromatic N) is 2. The Morgan fingerprint density at radius 3 is 2.86 bits per heavy atom. The summed E-state index contributed by atoms with van der Waals surface area (Å²) in [6.07, 6.45) is 3.93. The lowest BCUT2D eigenvalue weighted by Crippen LogP contribution is -2.18. The highest BCUT2D eigenvalue weighted by molar-refractivity contribution is 7.98. The fourth-order valence-electron chi connectivity index (χ4n) is 1.91. The van der Waals surface area contributed by atoms with Crippen molar-refractivity contribution in [1.82, 2.24) is 15.0 Å². The van der Waals surface area contributed by atoms with Gasteiger partial charge in [-0.1, -0.05) is 17.8 Å². The summed E-state index contributed by atoms with van der Waals surface area (Å²) in [5.74, 6) is -0.363. The molecule has 2 rings (SSSR count). The second-order valence-electron chi connectivity index (χ2n) is 4.62. The Balaban J connectivity index is 1.90. The van der Waals surface area contributed by atoms with E-state index in [-0.39, 0.29) is 24.6 Å². The van der Waals surface area contributed by atoms with Crippen LogP contribution in [0.4, 0.5) is 0 Å². The van der Waals surface area contributed by atoms with Gasteiger partial charge in [0, 0.05) is 23.9 Å². The van der Waals surface area contributed by atoms with Gasteiger partial charge in [-0.05, 0) is 31.7 Å². The molecule has 0 saturated heterocycles. The van der Waals surface area contributed by atoms with E-state index in [0.717, 1.165) is 0 Å². The van der Waals surface area contributed by atoms with Gasteiger partial charge in [0.1, 0.15) is 6.61 Å². The van der Waals surface area contributed by atoms with Crippen LogP contribution in [0.5, 0.6) is 0 Å². The summed E-state index contributed by atoms with van der Waals surface area (Å²) in [5, 5.41) is 0.573. The van der Waals surface area contributed by atoms with Crippen LogP contribution in [0.2, 0.25) is 0 Å². The number of aryl methyl sites for hydroxylation is 1. The van der Waals surface area contributed by atoms with E-state index in [1.807, 2.05) is 12.3 Å². The average molecular weight is 319 g/mol. The van der Waals surface area contributed by atoms with Crippen LogP contribution in [0.3, 0.4) is 0 Å². The lowest BCUT2D eigenvalue weighted by atomic mass is 10.1. The summed E-state index contributed by atoms with van der Waals surface area (Å²) < 4.78 is 5.14. The van der Waals surface area contributed by atoms with Crippen LogP contribution >= 0.6 is 11.8 Å². The van der Waals surface area contributed by atoms with Crippen molar-refractivity contribution in [3.63, 3.8) is 0 Å². The van der Waals surface area contributed by atoms with Gasteiger partial charge in [-0.3, -0.25) is 14.6 Å². The minimum atomic E-state index is -0.363. The molecule has 7 heteroatoms. The Morgan fingerprint density at radius 1 is 1.41 bits per heavy atom. The molecule has 2 heterocycles. The molecule has 0 bridgehead atoms. The molecule has 0 aromatic carbocycles. The summed E-state index contributed by atoms with van der Waals surface area (Å²) in [5.41, 5.74) is 1.66. The maximum Gasteiger partial charge on any atom is 0.306 e. The molecular formula is C15H17N3O3S. The second-order valence-corrected chi connectivity index (χ2v) is 5.42. The molecule has 0 aliphatic heterocycles. The van der Waals surface area contributed by atoms with E-state index in [0.29, 0.717) is 28.5 Å². The summed E-state index contributed by atoms with van der Waals surface area (Å²) >= 11 is 1.37. The molecule has 0 fully saturated rings. The quantitative estimate of drug-likeness (QED) is 0.497. The Bertz CT molecular complexity index is 701. The molecule has 0 spiro atoms. The molecule has 116 valence electrons. The summed E-state index contributed by atoms with van der Waals surface area (Å²) in [6, 6.07) is 5.41. The van der Waals surface area contributed by atoms with Crippen LogP contribution in [0.15, 0.2) is 34.3 Å². The third-order valence-corrected chi connectivity index (χ3v) is 3.66. The number of aromatic nitrogens is 3. The van der Waals surface area contributed by atoms with Gasteiger partial charge in [-0.2, -0.15) is 0 Å². The summed E-state index contributed by atoms with van der Waals surface area (Å²) in [7, 11) is 0. The predicted octanol–water partition coefficient (Wildman–Crippen LogP) is 1.87. The van der Waals surface area contributed by atoms with Crippen molar-refractivity contribution in [3.05, 3.63) is 51.7 Å². The fourth-order valence-corrected chi connectivity index (χ4v) is 2.34. The highest BCUT2D eigenvalue weighted by atomic mass is 32.2. The number of carbonyl (C=O) groups is 1. The zero-order valence-corrected chi connectivity index (χ0v) is 13.3. The SMILES string of the molecule is CSc1nc(C)c(CCC(=O)OCc2ccccn2)c(=O)[nH]1. The zero-order valence-electron chi connectivity index (χ0n) is 12.5. The van der Waals surface area contributed by atoms with Crippen LogP contribution in [-0.2, 0) is 22.6 Å². The topological polar surface area (TPSA) is 84.9 Å². The molecule has 0 atom stereocenters. The number of esters is 1. The van der Waals surface area contributed by atoms with E-state index in [1.165, 1.54) is 11.8 Å². The number of thioether (sulfide) groups is 1. The van der Waals surface area contributed by atoms with Crippen molar-refractivity contribution >= 4 is 17.7 Å². The van der Waals surface area contributed by atoms with Gasteiger partial charge in [-0.25, -0.2) is 4.98 Å². The second kappa shape index (κ2) is 7.74. The number of pyridine rings is 1. The average Bonchev–Trinajstić information content (AvgIpc) is 2.52. The van der Waals surface area contributed by atoms with Crippen molar-refractivity contribution in [2.24, 2.45) is 0 Å². The number of H-pyrrole nitrogens is 1. The molecule has 0 aliphatic rings. The van der Waals surface area contributed by atoms with E-state index >= 15 is 0 Å². The molecule has 0 aliphatic carbocycles. The van der Waals surface area contributed by atoms with Gasteiger partial charge in [0.05, 0.1) is 5.69 Å². The molecule has 2 aromatic rings. The molecule has 6 nitrogen and oxygen atoms in total. The van der Waals surface area contributed by atoms with Crippen LogP contribution < -0.4 is 5.56 Å². The molecular weight excluding hydrogens is 302 g/mol. The Labute approximate surface area is 132 Å². The normalized spacial score (nSPS) is 10.5. The molecule has 1 N–H and O–H groups in total. The van der Waals surface area contributed by atoms with Crippen molar-refractivity contribution < 1.29 is 9.53 Å². The van der Waals surface area contributed by atoms with Crippen LogP contribution in [0.1, 0.15) is 23.4 Å². The number of carbonyl (C=O) groups excluding carboxylic acids is 1. The van der Waals surface area contributed by atoms with E-state index in [9.17, 15) is 9.59 Å². The monoisotopic (exact) mass is 319 g/mol. The zero-order chi connectivity index (χ0) is 15.9. The minimum Gasteiger partial charge on any atom is -0.459 e. The number of nitrogens with one attached hydrogen (secondary N) is 1. The molecule has 0 unspecified atom stereocenters. The first-order chi connectivity index (χ1) is 10.6. The predicted molar refractivity (Wildman–Crippen MR) is 83.7 cm³/mol. The maximum atomic E-state index is 11.9. The van der Waals surface area contributed by atoms with E-state index in [2.05, 4.69) is 15.0 Å². The summed E-state index contributed by atoms with van der Waals surface area (Å²) in [4.78, 5) is 34.7. The molecule has 0 radical (unpaired) electrons. The van der Waals surface area contributed by atoms with Gasteiger partial charge < -0.3 is 9.72 Å². The smallest absolute Gasteiger partial charge is 0.306 e. The van der Waals surface area contributed by atoms with E-state index in [4.69, 9.17) is 4.74 Å². The van der Waals surface area contributed by atoms with Gasteiger partial charge in [0.15, 0.2) is 5.16 Å². The molecule has 2 aromatic heterocycles. The standard InChI is InChI=1S/C15H17N3O3S/c1-10-12(14(20)18-15(17-10)22-2)6-7-13(19)21-9-11-5-3-4-8-16-11/h3-5,8H,6-7,9H2,1-2H3,(H,17,18,20). The highest BCUT2D eigenvalue weighted by Gasteiger charge is 2.11. The van der Waals surface area contributed by atoms with Crippen LogP contribution in [0.25, 0.3) is 0 Å². The van der Waals surface area contributed by atoms with Crippen LogP contribution in [0, 0.1) is 6.92 Å². The van der Waals surface area contributed by atoms with Crippen molar-refractivity contribution in [3.8, 4) is 0 Å². The summed E-state index contributed by atoms with van der Waals surface area (Å²) in [6.45, 7) is 1.90. The van der Waals surface area contributed by atoms with Gasteiger partial charge in [-0.15, -0.1) is 0 Å². The molecule has 0 amide bonds. The number of hydrogen-bond donors (Lipinski definition) is 1. The minimum absolute atomic E-state index is 0.136. The van der Waals surface area contributed by atoms with Gasteiger partial charge >= 0.3 is 5.97 Å². The van der Waals surface area contributed by atoms with Crippen molar-refractivity contribution in [2.45, 2.75) is 31.5 Å². The lowest BCUT2D eigenvalue weighted by Gasteiger charge is -2.06. The Morgan fingerprint density at radius 2 is 2.23 bits per heavy atom. The first-order valence-electron chi connectivity index (χ1n) is 6.79. The largest absolute Gasteiger partial charge is 0.459 e. The number of aromatic amines is 1. The first kappa shape index (κ1) is 16.2. The Hall–Kier alpha value is -2.15. The fraction of sp³-hybridized carbons (Fsp3) is 0.333. The lowest BCUT2D eigenvalue weighted by molar-refractivity contribution is -0.145. The van der Waals surface area contributed by atoms with Crippen molar-refractivity contribution in [2.75, 3.05) is 6.26 Å². The van der Waals surface area contributed by atoms with Gasteiger partial charge in [0.25, 0.3) is 5.56 Å². The Kier molecular flexibility index (Phi) is 5.71. The number of hydrogen-bond acceptors (Lipinski definition) is 6. The highest BCUT2D eigenvalue weighted by Crippen LogP contribution is 2.10. The van der Waals surface area contributed by atoms with Crippen LogP contribution in [-0.4, -0.2) is 27.2 Å². The third kappa shape index (κ3) is 4.42. The maximum absolute atomic E-state index is 11.9. The molecule has 0 saturated carbocycles. The van der Waals surface area contributed by atoms with Gasteiger partial charge in [0.2, 0.25) is 0 Å². The number of rotatable bonds is 6. The third-order valence-electron chi connectivity index (χ3n) is 3.08. The van der Waals surface area contributed by atoms with Crippen molar-refractivity contribution in [1.29, 1.82) is 0 Å². The number of ether oxygens (including phenoxy) is 1. The first-order valence-corrected chi connectivity index (χ1v) is 8.02. The van der Waals surface area contributed by atoms with E-state index < -0.39 is 0 Å².